The Kier molecular flexibility index (Phi) is 5.04. The maximum atomic E-state index is 11.7. The molecule has 21 heavy (non-hydrogen) atoms. The van der Waals surface area contributed by atoms with Gasteiger partial charge in [0, 0.05) is 6.08 Å². The van der Waals surface area contributed by atoms with Gasteiger partial charge in [0.2, 0.25) is 5.91 Å². The summed E-state index contributed by atoms with van der Waals surface area (Å²) in [5.41, 5.74) is 0.848. The van der Waals surface area contributed by atoms with Gasteiger partial charge in [-0.2, -0.15) is 0 Å². The molecule has 2 aromatic rings. The Hall–Kier alpha value is -2.69. The Morgan fingerprint density at radius 1 is 1.24 bits per heavy atom. The van der Waals surface area contributed by atoms with E-state index in [9.17, 15) is 4.79 Å². The lowest BCUT2D eigenvalue weighted by atomic mass is 10.2. The summed E-state index contributed by atoms with van der Waals surface area (Å²) in [5.74, 6) is 1.79. The number of ether oxygens (including phenoxy) is 2. The molecule has 1 N–H and O–H groups in total. The first-order valence-electron chi connectivity index (χ1n) is 6.43. The second-order valence-corrected chi connectivity index (χ2v) is 4.24. The lowest BCUT2D eigenvalue weighted by molar-refractivity contribution is -0.116. The number of carbonyl (C=O) groups is 1. The van der Waals surface area contributed by atoms with Crippen molar-refractivity contribution < 1.29 is 18.7 Å². The fraction of sp³-hybridized carbons (Fsp3) is 0.188. The quantitative estimate of drug-likeness (QED) is 0.830. The fourth-order valence-corrected chi connectivity index (χ4v) is 1.77. The molecule has 0 bridgehead atoms. The van der Waals surface area contributed by atoms with Crippen molar-refractivity contribution in [3.8, 4) is 11.5 Å². The predicted molar refractivity (Wildman–Crippen MR) is 79.1 cm³/mol. The summed E-state index contributed by atoms with van der Waals surface area (Å²) in [6, 6.07) is 9.02. The van der Waals surface area contributed by atoms with Gasteiger partial charge in [-0.1, -0.05) is 6.07 Å². The van der Waals surface area contributed by atoms with E-state index in [2.05, 4.69) is 5.32 Å². The number of amides is 1. The number of furan rings is 1. The molecule has 1 amide bonds. The van der Waals surface area contributed by atoms with Gasteiger partial charge in [-0.05, 0) is 35.9 Å². The van der Waals surface area contributed by atoms with Crippen LogP contribution in [0.15, 0.2) is 47.1 Å². The van der Waals surface area contributed by atoms with Crippen LogP contribution in [0.4, 0.5) is 0 Å². The van der Waals surface area contributed by atoms with E-state index in [4.69, 9.17) is 13.9 Å². The molecule has 0 saturated heterocycles. The van der Waals surface area contributed by atoms with Gasteiger partial charge < -0.3 is 19.2 Å². The summed E-state index contributed by atoms with van der Waals surface area (Å²) in [4.78, 5) is 11.7. The highest BCUT2D eigenvalue weighted by Gasteiger charge is 2.03. The highest BCUT2D eigenvalue weighted by atomic mass is 16.5. The Labute approximate surface area is 123 Å². The van der Waals surface area contributed by atoms with E-state index in [0.29, 0.717) is 23.8 Å². The van der Waals surface area contributed by atoms with Crippen LogP contribution in [0, 0.1) is 0 Å². The molecule has 0 aliphatic carbocycles. The van der Waals surface area contributed by atoms with Crippen molar-refractivity contribution in [2.75, 3.05) is 14.2 Å². The Bertz CT molecular complexity index is 617. The molecule has 5 nitrogen and oxygen atoms in total. The van der Waals surface area contributed by atoms with Crippen molar-refractivity contribution in [3.05, 3.63) is 54.0 Å². The number of rotatable bonds is 6. The third kappa shape index (κ3) is 4.14. The molecule has 5 heteroatoms. The first-order valence-corrected chi connectivity index (χ1v) is 6.43. The monoisotopic (exact) mass is 287 g/mol. The van der Waals surface area contributed by atoms with Crippen LogP contribution in [-0.2, 0) is 11.3 Å². The summed E-state index contributed by atoms with van der Waals surface area (Å²) in [6.07, 6.45) is 4.74. The van der Waals surface area contributed by atoms with E-state index < -0.39 is 0 Å². The Morgan fingerprint density at radius 2 is 2.05 bits per heavy atom. The topological polar surface area (TPSA) is 60.7 Å². The Balaban J connectivity index is 1.95. The highest BCUT2D eigenvalue weighted by Crippen LogP contribution is 2.27. The van der Waals surface area contributed by atoms with E-state index in [0.717, 1.165) is 5.56 Å². The zero-order chi connectivity index (χ0) is 15.1. The van der Waals surface area contributed by atoms with Gasteiger partial charge in [0.05, 0.1) is 27.0 Å². The second-order valence-electron chi connectivity index (χ2n) is 4.24. The molecule has 2 rings (SSSR count). The average molecular weight is 287 g/mol. The smallest absolute Gasteiger partial charge is 0.244 e. The third-order valence-electron chi connectivity index (χ3n) is 2.85. The molecule has 110 valence electrons. The van der Waals surface area contributed by atoms with E-state index in [1.165, 1.54) is 6.08 Å². The van der Waals surface area contributed by atoms with Crippen molar-refractivity contribution in [2.24, 2.45) is 0 Å². The van der Waals surface area contributed by atoms with Crippen LogP contribution in [0.5, 0.6) is 11.5 Å². The van der Waals surface area contributed by atoms with Gasteiger partial charge in [0.25, 0.3) is 0 Å². The molecular formula is C16H17NO4. The summed E-state index contributed by atoms with van der Waals surface area (Å²) in [7, 11) is 3.15. The minimum atomic E-state index is -0.193. The van der Waals surface area contributed by atoms with E-state index in [1.54, 1.807) is 50.8 Å². The molecule has 0 spiro atoms. The van der Waals surface area contributed by atoms with Gasteiger partial charge in [0.1, 0.15) is 5.76 Å². The normalized spacial score (nSPS) is 10.6. The zero-order valence-electron chi connectivity index (χ0n) is 12.0. The van der Waals surface area contributed by atoms with Gasteiger partial charge in [-0.3, -0.25) is 4.79 Å². The maximum Gasteiger partial charge on any atom is 0.244 e. The average Bonchev–Trinajstić information content (AvgIpc) is 3.04. The highest BCUT2D eigenvalue weighted by molar-refractivity contribution is 5.91. The van der Waals surface area contributed by atoms with Crippen molar-refractivity contribution in [2.45, 2.75) is 6.54 Å². The zero-order valence-corrected chi connectivity index (χ0v) is 12.0. The van der Waals surface area contributed by atoms with Crippen molar-refractivity contribution in [1.82, 2.24) is 5.32 Å². The van der Waals surface area contributed by atoms with Gasteiger partial charge in [-0.25, -0.2) is 0 Å². The molecule has 1 aromatic carbocycles. The second kappa shape index (κ2) is 7.19. The largest absolute Gasteiger partial charge is 0.493 e. The molecule has 0 saturated carbocycles. The van der Waals surface area contributed by atoms with Crippen LogP contribution < -0.4 is 14.8 Å². The number of carbonyl (C=O) groups excluding carboxylic acids is 1. The van der Waals surface area contributed by atoms with Gasteiger partial charge in [-0.15, -0.1) is 0 Å². The minimum Gasteiger partial charge on any atom is -0.493 e. The predicted octanol–water partition coefficient (Wildman–Crippen LogP) is 2.63. The minimum absolute atomic E-state index is 0.193. The Morgan fingerprint density at radius 3 is 2.71 bits per heavy atom. The van der Waals surface area contributed by atoms with Crippen molar-refractivity contribution in [1.29, 1.82) is 0 Å². The van der Waals surface area contributed by atoms with E-state index in [1.807, 2.05) is 6.07 Å². The lowest BCUT2D eigenvalue weighted by Crippen LogP contribution is -2.19. The SMILES string of the molecule is COc1ccc(C=CC(=O)NCc2ccco2)cc1OC. The van der Waals surface area contributed by atoms with Crippen LogP contribution in [0.1, 0.15) is 11.3 Å². The first kappa shape index (κ1) is 14.7. The van der Waals surface area contributed by atoms with Crippen LogP contribution in [-0.4, -0.2) is 20.1 Å². The molecule has 0 unspecified atom stereocenters. The van der Waals surface area contributed by atoms with Crippen LogP contribution in [0.25, 0.3) is 6.08 Å². The van der Waals surface area contributed by atoms with Crippen LogP contribution in [0.2, 0.25) is 0 Å². The number of methoxy groups -OCH3 is 2. The molecule has 0 aliphatic heterocycles. The standard InChI is InChI=1S/C16H17NO4/c1-19-14-7-5-12(10-15(14)20-2)6-8-16(18)17-11-13-4-3-9-21-13/h3-10H,11H2,1-2H3,(H,17,18). The molecule has 0 aliphatic rings. The van der Waals surface area contributed by atoms with Crippen LogP contribution >= 0.6 is 0 Å². The number of hydrogen-bond donors (Lipinski definition) is 1. The summed E-state index contributed by atoms with van der Waals surface area (Å²) >= 11 is 0. The van der Waals surface area contributed by atoms with Gasteiger partial charge in [0.15, 0.2) is 11.5 Å². The molecule has 0 atom stereocenters. The molecule has 0 radical (unpaired) electrons. The summed E-state index contributed by atoms with van der Waals surface area (Å²) in [5, 5.41) is 2.73. The molecule has 1 heterocycles. The number of hydrogen-bond acceptors (Lipinski definition) is 4. The summed E-state index contributed by atoms with van der Waals surface area (Å²) in [6.45, 7) is 0.363. The van der Waals surface area contributed by atoms with E-state index >= 15 is 0 Å². The number of nitrogens with one attached hydrogen (secondary N) is 1. The maximum absolute atomic E-state index is 11.7. The van der Waals surface area contributed by atoms with Gasteiger partial charge >= 0.3 is 0 Å². The van der Waals surface area contributed by atoms with Crippen molar-refractivity contribution >= 4 is 12.0 Å². The lowest BCUT2D eigenvalue weighted by Gasteiger charge is -2.07. The summed E-state index contributed by atoms with van der Waals surface area (Å²) < 4.78 is 15.5. The molecular weight excluding hydrogens is 270 g/mol. The van der Waals surface area contributed by atoms with Crippen molar-refractivity contribution in [3.63, 3.8) is 0 Å². The third-order valence-corrected chi connectivity index (χ3v) is 2.85. The first-order chi connectivity index (χ1) is 10.2. The number of benzene rings is 1. The van der Waals surface area contributed by atoms with Crippen LogP contribution in [0.3, 0.4) is 0 Å². The fourth-order valence-electron chi connectivity index (χ4n) is 1.77. The molecule has 1 aromatic heterocycles. The van der Waals surface area contributed by atoms with E-state index in [-0.39, 0.29) is 5.91 Å². The molecule has 0 fully saturated rings.